The first-order chi connectivity index (χ1) is 9.08. The molecule has 0 heterocycles. The van der Waals surface area contributed by atoms with Crippen LogP contribution in [0.1, 0.15) is 51.1 Å². The van der Waals surface area contributed by atoms with E-state index in [0.29, 0.717) is 5.41 Å². The molecule has 0 aliphatic heterocycles. The number of nitrogens with one attached hydrogen (secondary N) is 1. The summed E-state index contributed by atoms with van der Waals surface area (Å²) in [5, 5.41) is 14.5. The number of rotatable bonds is 7. The van der Waals surface area contributed by atoms with Crippen LogP contribution < -0.4 is 5.32 Å². The third-order valence-electron chi connectivity index (χ3n) is 4.12. The number of para-hydroxylation sites is 1. The van der Waals surface area contributed by atoms with Crippen molar-refractivity contribution in [1.29, 1.82) is 0 Å². The van der Waals surface area contributed by atoms with Gasteiger partial charge in [0, 0.05) is 24.2 Å². The molecule has 0 amide bonds. The smallest absolute Gasteiger partial charge is 0.274 e. The van der Waals surface area contributed by atoms with Gasteiger partial charge in [-0.05, 0) is 31.6 Å². The molecule has 1 unspecified atom stereocenters. The molecule has 0 bridgehead atoms. The van der Waals surface area contributed by atoms with Crippen LogP contribution in [0.2, 0.25) is 0 Å². The van der Waals surface area contributed by atoms with Gasteiger partial charge in [-0.25, -0.2) is 0 Å². The molecule has 104 valence electrons. The fraction of sp³-hybridized carbons (Fsp3) is 0.600. The van der Waals surface area contributed by atoms with E-state index in [0.717, 1.165) is 12.1 Å². The van der Waals surface area contributed by atoms with Crippen molar-refractivity contribution < 1.29 is 4.92 Å². The van der Waals surface area contributed by atoms with E-state index in [-0.39, 0.29) is 16.7 Å². The predicted octanol–water partition coefficient (Wildman–Crippen LogP) is 3.83. The summed E-state index contributed by atoms with van der Waals surface area (Å²) in [4.78, 5) is 10.7. The quantitative estimate of drug-likeness (QED) is 0.600. The average Bonchev–Trinajstić information content (AvgIpc) is 3.17. The molecular formula is C15H22N2O2. The van der Waals surface area contributed by atoms with Crippen LogP contribution >= 0.6 is 0 Å². The van der Waals surface area contributed by atoms with Gasteiger partial charge >= 0.3 is 0 Å². The summed E-state index contributed by atoms with van der Waals surface area (Å²) in [5.74, 6) is 0. The van der Waals surface area contributed by atoms with Gasteiger partial charge in [0.1, 0.15) is 0 Å². The Morgan fingerprint density at radius 1 is 1.42 bits per heavy atom. The standard InChI is InChI=1S/C15H22N2O2/c1-3-8-15(9-10-15)11-16-12(2)13-6-4-5-7-14(13)17(18)19/h4-7,12,16H,3,8-11H2,1-2H3. The maximum Gasteiger partial charge on any atom is 0.274 e. The highest BCUT2D eigenvalue weighted by atomic mass is 16.6. The lowest BCUT2D eigenvalue weighted by atomic mass is 9.99. The van der Waals surface area contributed by atoms with E-state index in [2.05, 4.69) is 12.2 Å². The van der Waals surface area contributed by atoms with E-state index in [1.807, 2.05) is 19.1 Å². The average molecular weight is 262 g/mol. The predicted molar refractivity (Wildman–Crippen MR) is 76.1 cm³/mol. The third kappa shape index (κ3) is 3.32. The van der Waals surface area contributed by atoms with Gasteiger partial charge in [-0.2, -0.15) is 0 Å². The van der Waals surface area contributed by atoms with Gasteiger partial charge < -0.3 is 5.32 Å². The Balaban J connectivity index is 2.00. The van der Waals surface area contributed by atoms with Crippen molar-refractivity contribution in [2.24, 2.45) is 5.41 Å². The van der Waals surface area contributed by atoms with Gasteiger partial charge in [0.25, 0.3) is 5.69 Å². The Morgan fingerprint density at radius 3 is 2.68 bits per heavy atom. The number of hydrogen-bond donors (Lipinski definition) is 1. The highest BCUT2D eigenvalue weighted by molar-refractivity contribution is 5.41. The molecule has 0 saturated heterocycles. The number of hydrogen-bond acceptors (Lipinski definition) is 3. The van der Waals surface area contributed by atoms with Crippen molar-refractivity contribution in [1.82, 2.24) is 5.32 Å². The number of nitro benzene ring substituents is 1. The first-order valence-electron chi connectivity index (χ1n) is 7.05. The van der Waals surface area contributed by atoms with Crippen molar-refractivity contribution in [3.8, 4) is 0 Å². The van der Waals surface area contributed by atoms with Crippen molar-refractivity contribution in [3.05, 3.63) is 39.9 Å². The second-order valence-electron chi connectivity index (χ2n) is 5.67. The summed E-state index contributed by atoms with van der Waals surface area (Å²) in [7, 11) is 0. The Hall–Kier alpha value is -1.42. The topological polar surface area (TPSA) is 55.2 Å². The van der Waals surface area contributed by atoms with Crippen LogP contribution in [-0.2, 0) is 0 Å². The first-order valence-corrected chi connectivity index (χ1v) is 7.05. The molecule has 19 heavy (non-hydrogen) atoms. The van der Waals surface area contributed by atoms with Crippen molar-refractivity contribution in [3.63, 3.8) is 0 Å². The Morgan fingerprint density at radius 2 is 2.11 bits per heavy atom. The van der Waals surface area contributed by atoms with Crippen LogP contribution in [0.3, 0.4) is 0 Å². The minimum atomic E-state index is -0.299. The molecule has 1 saturated carbocycles. The van der Waals surface area contributed by atoms with E-state index in [9.17, 15) is 10.1 Å². The molecule has 0 radical (unpaired) electrons. The molecule has 1 atom stereocenters. The summed E-state index contributed by atoms with van der Waals surface area (Å²) < 4.78 is 0. The normalized spacial score (nSPS) is 18.0. The lowest BCUT2D eigenvalue weighted by molar-refractivity contribution is -0.385. The summed E-state index contributed by atoms with van der Waals surface area (Å²) >= 11 is 0. The second-order valence-corrected chi connectivity index (χ2v) is 5.67. The maximum absolute atomic E-state index is 11.0. The molecule has 0 aromatic heterocycles. The minimum absolute atomic E-state index is 0.0240. The first kappa shape index (κ1) is 14.0. The zero-order valence-corrected chi connectivity index (χ0v) is 11.7. The van der Waals surface area contributed by atoms with Crippen LogP contribution in [0.25, 0.3) is 0 Å². The third-order valence-corrected chi connectivity index (χ3v) is 4.12. The lowest BCUT2D eigenvalue weighted by Crippen LogP contribution is -2.27. The van der Waals surface area contributed by atoms with Crippen LogP contribution in [0.5, 0.6) is 0 Å². The van der Waals surface area contributed by atoms with Gasteiger partial charge in [-0.1, -0.05) is 31.5 Å². The van der Waals surface area contributed by atoms with E-state index < -0.39 is 0 Å². The van der Waals surface area contributed by atoms with E-state index >= 15 is 0 Å². The monoisotopic (exact) mass is 262 g/mol. The Bertz CT molecular complexity index is 455. The van der Waals surface area contributed by atoms with Crippen LogP contribution in [0, 0.1) is 15.5 Å². The molecule has 0 spiro atoms. The fourth-order valence-corrected chi connectivity index (χ4v) is 2.72. The fourth-order valence-electron chi connectivity index (χ4n) is 2.72. The number of benzene rings is 1. The highest BCUT2D eigenvalue weighted by Gasteiger charge is 2.41. The molecule has 1 aromatic rings. The molecule has 1 fully saturated rings. The Kier molecular flexibility index (Phi) is 4.20. The second kappa shape index (κ2) is 5.70. The van der Waals surface area contributed by atoms with Crippen LogP contribution in [-0.4, -0.2) is 11.5 Å². The van der Waals surface area contributed by atoms with Crippen molar-refractivity contribution in [2.75, 3.05) is 6.54 Å². The molecule has 1 aliphatic carbocycles. The molecule has 4 heteroatoms. The summed E-state index contributed by atoms with van der Waals surface area (Å²) in [5.41, 5.74) is 1.45. The molecule has 2 rings (SSSR count). The molecule has 1 N–H and O–H groups in total. The molecule has 4 nitrogen and oxygen atoms in total. The zero-order valence-electron chi connectivity index (χ0n) is 11.7. The van der Waals surface area contributed by atoms with Gasteiger partial charge in [-0.3, -0.25) is 10.1 Å². The van der Waals surface area contributed by atoms with Gasteiger partial charge in [0.2, 0.25) is 0 Å². The van der Waals surface area contributed by atoms with Gasteiger partial charge in [-0.15, -0.1) is 0 Å². The molecule has 1 aromatic carbocycles. The van der Waals surface area contributed by atoms with Gasteiger partial charge in [0.15, 0.2) is 0 Å². The van der Waals surface area contributed by atoms with Crippen molar-refractivity contribution >= 4 is 5.69 Å². The zero-order chi connectivity index (χ0) is 13.9. The number of nitrogens with zero attached hydrogens (tertiary/aromatic N) is 1. The summed E-state index contributed by atoms with van der Waals surface area (Å²) in [6.07, 6.45) is 5.04. The van der Waals surface area contributed by atoms with E-state index in [4.69, 9.17) is 0 Å². The summed E-state index contributed by atoms with van der Waals surface area (Å²) in [6.45, 7) is 5.18. The maximum atomic E-state index is 11.0. The largest absolute Gasteiger partial charge is 0.309 e. The summed E-state index contributed by atoms with van der Waals surface area (Å²) in [6, 6.07) is 7.02. The van der Waals surface area contributed by atoms with E-state index in [1.165, 1.54) is 25.7 Å². The highest BCUT2D eigenvalue weighted by Crippen LogP contribution is 2.49. The van der Waals surface area contributed by atoms with E-state index in [1.54, 1.807) is 12.1 Å². The van der Waals surface area contributed by atoms with Crippen molar-refractivity contribution in [2.45, 2.75) is 45.6 Å². The minimum Gasteiger partial charge on any atom is -0.309 e. The van der Waals surface area contributed by atoms with Crippen LogP contribution in [0.15, 0.2) is 24.3 Å². The SMILES string of the molecule is CCCC1(CNC(C)c2ccccc2[N+](=O)[O-])CC1. The van der Waals surface area contributed by atoms with Gasteiger partial charge in [0.05, 0.1) is 4.92 Å². The number of nitro groups is 1. The van der Waals surface area contributed by atoms with Crippen LogP contribution in [0.4, 0.5) is 5.69 Å². The molecule has 1 aliphatic rings. The Labute approximate surface area is 114 Å². The molecular weight excluding hydrogens is 240 g/mol. The lowest BCUT2D eigenvalue weighted by Gasteiger charge is -2.19.